The molecule has 0 fully saturated rings. The van der Waals surface area contributed by atoms with Crippen molar-refractivity contribution in [2.24, 2.45) is 0 Å². The van der Waals surface area contributed by atoms with Crippen molar-refractivity contribution in [3.63, 3.8) is 0 Å². The Labute approximate surface area is 145 Å². The first-order valence-electron chi connectivity index (χ1n) is 7.92. The number of hydrogen-bond donors (Lipinski definition) is 1. The molecule has 0 saturated carbocycles. The number of benzene rings is 3. The van der Waals surface area contributed by atoms with E-state index in [1.54, 1.807) is 11.8 Å². The van der Waals surface area contributed by atoms with Crippen molar-refractivity contribution in [3.05, 3.63) is 83.4 Å². The summed E-state index contributed by atoms with van der Waals surface area (Å²) < 4.78 is 0. The molecule has 0 radical (unpaired) electrons. The van der Waals surface area contributed by atoms with E-state index < -0.39 is 0 Å². The number of hydrogen-bond acceptors (Lipinski definition) is 2. The van der Waals surface area contributed by atoms with Gasteiger partial charge in [0.25, 0.3) is 5.91 Å². The second-order valence-electron chi connectivity index (χ2n) is 5.86. The number of anilines is 1. The lowest BCUT2D eigenvalue weighted by Crippen LogP contribution is -2.13. The third kappa shape index (κ3) is 2.61. The monoisotopic (exact) mass is 331 g/mol. The van der Waals surface area contributed by atoms with Gasteiger partial charge in [0.2, 0.25) is 0 Å². The topological polar surface area (TPSA) is 29.1 Å². The van der Waals surface area contributed by atoms with Gasteiger partial charge in [0.1, 0.15) is 0 Å². The summed E-state index contributed by atoms with van der Waals surface area (Å²) in [5, 5.41) is 3.04. The zero-order valence-electron chi connectivity index (χ0n) is 13.4. The molecule has 3 aromatic rings. The number of thioether (sulfide) groups is 1. The van der Waals surface area contributed by atoms with Crippen molar-refractivity contribution in [2.45, 2.75) is 11.3 Å². The molecule has 1 N–H and O–H groups in total. The predicted molar refractivity (Wildman–Crippen MR) is 101 cm³/mol. The Morgan fingerprint density at radius 1 is 0.917 bits per heavy atom. The highest BCUT2D eigenvalue weighted by Crippen LogP contribution is 2.37. The van der Waals surface area contributed by atoms with Crippen molar-refractivity contribution in [3.8, 4) is 11.1 Å². The van der Waals surface area contributed by atoms with Crippen LogP contribution in [0.25, 0.3) is 11.1 Å². The molecule has 3 aromatic carbocycles. The molecule has 0 heterocycles. The molecule has 2 nitrogen and oxygen atoms in total. The lowest BCUT2D eigenvalue weighted by molar-refractivity contribution is 0.102. The van der Waals surface area contributed by atoms with Gasteiger partial charge in [-0.2, -0.15) is 0 Å². The largest absolute Gasteiger partial charge is 0.322 e. The van der Waals surface area contributed by atoms with Crippen LogP contribution in [0.15, 0.2) is 71.6 Å². The highest BCUT2D eigenvalue weighted by atomic mass is 32.2. The Morgan fingerprint density at radius 2 is 1.67 bits per heavy atom. The summed E-state index contributed by atoms with van der Waals surface area (Å²) in [7, 11) is 0. The van der Waals surface area contributed by atoms with Gasteiger partial charge in [-0.15, -0.1) is 11.8 Å². The molecule has 0 unspecified atom stereocenters. The van der Waals surface area contributed by atoms with Crippen LogP contribution in [0.1, 0.15) is 21.5 Å². The van der Waals surface area contributed by atoms with E-state index >= 15 is 0 Å². The highest BCUT2D eigenvalue weighted by molar-refractivity contribution is 7.98. The summed E-state index contributed by atoms with van der Waals surface area (Å²) >= 11 is 1.58. The molecular weight excluding hydrogens is 314 g/mol. The smallest absolute Gasteiger partial charge is 0.256 e. The van der Waals surface area contributed by atoms with Crippen LogP contribution >= 0.6 is 11.8 Å². The summed E-state index contributed by atoms with van der Waals surface area (Å²) in [4.78, 5) is 13.6. The van der Waals surface area contributed by atoms with E-state index in [4.69, 9.17) is 0 Å². The third-order valence-electron chi connectivity index (χ3n) is 4.41. The van der Waals surface area contributed by atoms with Gasteiger partial charge in [0.05, 0.1) is 5.56 Å². The van der Waals surface area contributed by atoms with Gasteiger partial charge in [-0.05, 0) is 59.2 Å². The average molecular weight is 331 g/mol. The van der Waals surface area contributed by atoms with Crippen LogP contribution in [0.5, 0.6) is 0 Å². The van der Waals surface area contributed by atoms with E-state index in [1.165, 1.54) is 22.3 Å². The molecule has 4 rings (SSSR count). The van der Waals surface area contributed by atoms with Crippen LogP contribution in [0.2, 0.25) is 0 Å². The molecule has 3 heteroatoms. The number of carbonyl (C=O) groups is 1. The molecule has 0 saturated heterocycles. The molecule has 0 bridgehead atoms. The molecule has 1 aliphatic rings. The van der Waals surface area contributed by atoms with Crippen molar-refractivity contribution < 1.29 is 4.79 Å². The lowest BCUT2D eigenvalue weighted by atomic mass is 10.1. The lowest BCUT2D eigenvalue weighted by Gasteiger charge is -2.10. The molecule has 1 amide bonds. The molecule has 118 valence electrons. The number of carbonyl (C=O) groups excluding carboxylic acids is 1. The van der Waals surface area contributed by atoms with E-state index in [0.29, 0.717) is 5.56 Å². The van der Waals surface area contributed by atoms with Crippen LogP contribution in [-0.2, 0) is 6.42 Å². The van der Waals surface area contributed by atoms with Gasteiger partial charge in [0.15, 0.2) is 0 Å². The first-order chi connectivity index (χ1) is 11.8. The normalized spacial score (nSPS) is 11.7. The first-order valence-corrected chi connectivity index (χ1v) is 9.14. The first kappa shape index (κ1) is 15.0. The van der Waals surface area contributed by atoms with Crippen LogP contribution in [0.4, 0.5) is 5.69 Å². The molecule has 24 heavy (non-hydrogen) atoms. The van der Waals surface area contributed by atoms with E-state index in [0.717, 1.165) is 17.0 Å². The maximum absolute atomic E-state index is 12.6. The van der Waals surface area contributed by atoms with Crippen LogP contribution in [0, 0.1) is 0 Å². The second kappa shape index (κ2) is 6.17. The van der Waals surface area contributed by atoms with Gasteiger partial charge >= 0.3 is 0 Å². The second-order valence-corrected chi connectivity index (χ2v) is 6.71. The summed E-state index contributed by atoms with van der Waals surface area (Å²) in [5.41, 5.74) is 6.72. The molecule has 0 aromatic heterocycles. The number of fused-ring (bicyclic) bond motifs is 3. The summed E-state index contributed by atoms with van der Waals surface area (Å²) in [6.07, 6.45) is 2.95. The van der Waals surface area contributed by atoms with Crippen LogP contribution in [0.3, 0.4) is 0 Å². The Hall–Kier alpha value is -2.52. The summed E-state index contributed by atoms with van der Waals surface area (Å²) in [6.45, 7) is 0. The van der Waals surface area contributed by atoms with Gasteiger partial charge in [-0.25, -0.2) is 0 Å². The Kier molecular flexibility index (Phi) is 3.87. The molecule has 0 atom stereocenters. The quantitative estimate of drug-likeness (QED) is 0.521. The molecule has 1 aliphatic carbocycles. The Morgan fingerprint density at radius 3 is 2.54 bits per heavy atom. The fourth-order valence-corrected chi connectivity index (χ4v) is 3.83. The molecule has 0 spiro atoms. The SMILES string of the molecule is CSc1ccccc1C(=O)Nc1ccc2c(c1)-c1ccccc1C2. The zero-order valence-corrected chi connectivity index (χ0v) is 14.2. The minimum atomic E-state index is -0.0637. The minimum absolute atomic E-state index is 0.0637. The van der Waals surface area contributed by atoms with Gasteiger partial charge in [-0.1, -0.05) is 42.5 Å². The third-order valence-corrected chi connectivity index (χ3v) is 5.20. The van der Waals surface area contributed by atoms with E-state index in [1.807, 2.05) is 36.6 Å². The minimum Gasteiger partial charge on any atom is -0.322 e. The van der Waals surface area contributed by atoms with Gasteiger partial charge in [-0.3, -0.25) is 4.79 Å². The van der Waals surface area contributed by atoms with Crippen LogP contribution in [-0.4, -0.2) is 12.2 Å². The van der Waals surface area contributed by atoms with Crippen molar-refractivity contribution >= 4 is 23.4 Å². The fraction of sp³-hybridized carbons (Fsp3) is 0.0952. The summed E-state index contributed by atoms with van der Waals surface area (Å²) in [6, 6.07) is 22.3. The van der Waals surface area contributed by atoms with Crippen molar-refractivity contribution in [2.75, 3.05) is 11.6 Å². The number of rotatable bonds is 3. The maximum atomic E-state index is 12.6. The molecular formula is C21H17NOS. The van der Waals surface area contributed by atoms with Crippen molar-refractivity contribution in [1.82, 2.24) is 0 Å². The maximum Gasteiger partial charge on any atom is 0.256 e. The van der Waals surface area contributed by atoms with E-state index in [-0.39, 0.29) is 5.91 Å². The Bertz CT molecular complexity index is 933. The number of nitrogens with one attached hydrogen (secondary N) is 1. The highest BCUT2D eigenvalue weighted by Gasteiger charge is 2.18. The predicted octanol–water partition coefficient (Wildman–Crippen LogP) is 5.23. The van der Waals surface area contributed by atoms with Gasteiger partial charge in [0, 0.05) is 10.6 Å². The van der Waals surface area contributed by atoms with Crippen molar-refractivity contribution in [1.29, 1.82) is 0 Å². The van der Waals surface area contributed by atoms with E-state index in [9.17, 15) is 4.79 Å². The molecule has 0 aliphatic heterocycles. The Balaban J connectivity index is 1.64. The fourth-order valence-electron chi connectivity index (χ4n) is 3.23. The number of amides is 1. The van der Waals surface area contributed by atoms with Crippen LogP contribution < -0.4 is 5.32 Å². The zero-order chi connectivity index (χ0) is 16.5. The average Bonchev–Trinajstić information content (AvgIpc) is 2.99. The summed E-state index contributed by atoms with van der Waals surface area (Å²) in [5.74, 6) is -0.0637. The van der Waals surface area contributed by atoms with E-state index in [2.05, 4.69) is 41.7 Å². The van der Waals surface area contributed by atoms with Gasteiger partial charge < -0.3 is 5.32 Å². The standard InChI is InChI=1S/C21H17NOS/c1-24-20-9-5-4-8-18(20)21(23)22-16-11-10-15-12-14-6-2-3-7-17(14)19(15)13-16/h2-11,13H,12H2,1H3,(H,22,23).